The minimum absolute atomic E-state index is 0.0540. The van der Waals surface area contributed by atoms with E-state index in [1.54, 1.807) is 13.2 Å². The number of carbonyl (C=O) groups excluding carboxylic acids is 1. The predicted octanol–water partition coefficient (Wildman–Crippen LogP) is 5.90. The molecule has 0 aliphatic heterocycles. The first kappa shape index (κ1) is 21.7. The minimum Gasteiger partial charge on any atom is -0.496 e. The van der Waals surface area contributed by atoms with Crippen molar-refractivity contribution in [2.24, 2.45) is 0 Å². The Labute approximate surface area is 192 Å². The van der Waals surface area contributed by atoms with Gasteiger partial charge in [-0.15, -0.1) is 0 Å². The Bertz CT molecular complexity index is 1290. The van der Waals surface area contributed by atoms with Crippen LogP contribution in [-0.2, 0) is 6.54 Å². The van der Waals surface area contributed by atoms with Gasteiger partial charge < -0.3 is 9.30 Å². The Balaban J connectivity index is 1.56. The maximum atomic E-state index is 12.8. The molecule has 0 N–H and O–H groups in total. The molecular weight excluding hydrogens is 422 g/mol. The highest BCUT2D eigenvalue weighted by Gasteiger charge is 2.12. The standard InChI is InChI=1S/C26H24ClN3O2/c1-18-26(27)19(2)30(28-18)17-22-15-20(10-12-25(22)32-3)9-11-24(31)21-7-6-8-23(16-21)29-13-4-5-14-29/h4-16H,17H2,1-3H3/b11-9+. The average molecular weight is 446 g/mol. The fourth-order valence-electron chi connectivity index (χ4n) is 3.61. The molecule has 0 bridgehead atoms. The number of aryl methyl sites for hydroxylation is 1. The van der Waals surface area contributed by atoms with Crippen LogP contribution in [0.4, 0.5) is 0 Å². The van der Waals surface area contributed by atoms with Crippen molar-refractivity contribution in [2.45, 2.75) is 20.4 Å². The quantitative estimate of drug-likeness (QED) is 0.263. The van der Waals surface area contributed by atoms with Crippen LogP contribution in [0.1, 0.15) is 32.9 Å². The van der Waals surface area contributed by atoms with Crippen molar-refractivity contribution >= 4 is 23.5 Å². The number of hydrogen-bond acceptors (Lipinski definition) is 3. The maximum absolute atomic E-state index is 12.8. The van der Waals surface area contributed by atoms with Crippen LogP contribution >= 0.6 is 11.6 Å². The second-order valence-corrected chi connectivity index (χ2v) is 7.93. The zero-order chi connectivity index (χ0) is 22.7. The molecule has 2 aromatic carbocycles. The van der Waals surface area contributed by atoms with Gasteiger partial charge in [-0.1, -0.05) is 35.9 Å². The number of ether oxygens (including phenoxy) is 1. The van der Waals surface area contributed by atoms with E-state index in [4.69, 9.17) is 16.3 Å². The molecule has 0 aliphatic rings. The van der Waals surface area contributed by atoms with E-state index >= 15 is 0 Å². The number of nitrogens with zero attached hydrogens (tertiary/aromatic N) is 3. The molecule has 0 amide bonds. The molecule has 32 heavy (non-hydrogen) atoms. The minimum atomic E-state index is -0.0540. The number of allylic oxidation sites excluding steroid dienone is 1. The lowest BCUT2D eigenvalue weighted by Crippen LogP contribution is -2.06. The van der Waals surface area contributed by atoms with Gasteiger partial charge in [0.15, 0.2) is 5.78 Å². The molecule has 2 heterocycles. The lowest BCUT2D eigenvalue weighted by Gasteiger charge is -2.11. The predicted molar refractivity (Wildman–Crippen MR) is 128 cm³/mol. The molecule has 0 fully saturated rings. The third kappa shape index (κ3) is 4.53. The van der Waals surface area contributed by atoms with Crippen molar-refractivity contribution in [1.29, 1.82) is 0 Å². The van der Waals surface area contributed by atoms with Gasteiger partial charge in [0.1, 0.15) is 5.75 Å². The summed E-state index contributed by atoms with van der Waals surface area (Å²) < 4.78 is 9.36. The molecule has 0 aliphatic carbocycles. The summed E-state index contributed by atoms with van der Waals surface area (Å²) >= 11 is 6.29. The molecular formula is C26H24ClN3O2. The van der Waals surface area contributed by atoms with Gasteiger partial charge in [-0.25, -0.2) is 0 Å². The highest BCUT2D eigenvalue weighted by molar-refractivity contribution is 6.31. The summed E-state index contributed by atoms with van der Waals surface area (Å²) in [6.07, 6.45) is 7.32. The smallest absolute Gasteiger partial charge is 0.185 e. The summed E-state index contributed by atoms with van der Waals surface area (Å²) in [5.74, 6) is 0.707. The van der Waals surface area contributed by atoms with E-state index in [1.165, 1.54) is 0 Å². The summed E-state index contributed by atoms with van der Waals surface area (Å²) in [7, 11) is 1.64. The van der Waals surface area contributed by atoms with Gasteiger partial charge >= 0.3 is 0 Å². The fraction of sp³-hybridized carbons (Fsp3) is 0.154. The van der Waals surface area contributed by atoms with Crippen molar-refractivity contribution in [1.82, 2.24) is 14.3 Å². The Morgan fingerprint density at radius 1 is 1.09 bits per heavy atom. The Hall–Kier alpha value is -3.57. The fourth-order valence-corrected chi connectivity index (χ4v) is 3.75. The molecule has 0 radical (unpaired) electrons. The Morgan fingerprint density at radius 2 is 1.88 bits per heavy atom. The van der Waals surface area contributed by atoms with Gasteiger partial charge in [-0.2, -0.15) is 5.10 Å². The number of hydrogen-bond donors (Lipinski definition) is 0. The van der Waals surface area contributed by atoms with Crippen molar-refractivity contribution in [3.05, 3.63) is 106 Å². The third-order valence-electron chi connectivity index (χ3n) is 5.38. The highest BCUT2D eigenvalue weighted by atomic mass is 35.5. The molecule has 162 valence electrons. The summed E-state index contributed by atoms with van der Waals surface area (Å²) in [5, 5.41) is 5.18. The SMILES string of the molecule is COc1ccc(/C=C/C(=O)c2cccc(-n3cccc3)c2)cc1Cn1nc(C)c(Cl)c1C. The second kappa shape index (κ2) is 9.28. The third-order valence-corrected chi connectivity index (χ3v) is 5.93. The van der Waals surface area contributed by atoms with E-state index in [9.17, 15) is 4.79 Å². The van der Waals surface area contributed by atoms with Gasteiger partial charge in [0, 0.05) is 29.2 Å². The van der Waals surface area contributed by atoms with Crippen LogP contribution in [0.3, 0.4) is 0 Å². The number of ketones is 1. The lowest BCUT2D eigenvalue weighted by molar-refractivity contribution is 0.104. The van der Waals surface area contributed by atoms with Crippen molar-refractivity contribution in [3.63, 3.8) is 0 Å². The van der Waals surface area contributed by atoms with E-state index in [1.807, 2.05) is 96.2 Å². The zero-order valence-corrected chi connectivity index (χ0v) is 19.0. The summed E-state index contributed by atoms with van der Waals surface area (Å²) in [5.41, 5.74) is 5.15. The van der Waals surface area contributed by atoms with Crippen LogP contribution in [0.5, 0.6) is 5.75 Å². The molecule has 0 saturated carbocycles. The molecule has 0 spiro atoms. The van der Waals surface area contributed by atoms with Crippen molar-refractivity contribution in [2.75, 3.05) is 7.11 Å². The van der Waals surface area contributed by atoms with Crippen LogP contribution < -0.4 is 4.74 Å². The molecule has 0 unspecified atom stereocenters. The Kier molecular flexibility index (Phi) is 6.28. The molecule has 4 rings (SSSR count). The molecule has 2 aromatic heterocycles. The second-order valence-electron chi connectivity index (χ2n) is 7.55. The summed E-state index contributed by atoms with van der Waals surface area (Å²) in [6, 6.07) is 17.3. The first-order valence-electron chi connectivity index (χ1n) is 10.3. The average Bonchev–Trinajstić information content (AvgIpc) is 3.43. The first-order valence-corrected chi connectivity index (χ1v) is 10.7. The van der Waals surface area contributed by atoms with Crippen molar-refractivity contribution in [3.8, 4) is 11.4 Å². The number of aromatic nitrogens is 3. The molecule has 0 saturated heterocycles. The molecule has 4 aromatic rings. The van der Waals surface area contributed by atoms with E-state index in [0.29, 0.717) is 17.1 Å². The summed E-state index contributed by atoms with van der Waals surface area (Å²) in [6.45, 7) is 4.36. The Morgan fingerprint density at radius 3 is 2.56 bits per heavy atom. The van der Waals surface area contributed by atoms with Crippen LogP contribution in [0.25, 0.3) is 11.8 Å². The van der Waals surface area contributed by atoms with Crippen LogP contribution in [0.2, 0.25) is 5.02 Å². The summed E-state index contributed by atoms with van der Waals surface area (Å²) in [4.78, 5) is 12.8. The van der Waals surface area contributed by atoms with Gasteiger partial charge in [-0.05, 0) is 61.9 Å². The highest BCUT2D eigenvalue weighted by Crippen LogP contribution is 2.25. The molecule has 5 nitrogen and oxygen atoms in total. The van der Waals surface area contributed by atoms with Crippen molar-refractivity contribution < 1.29 is 9.53 Å². The lowest BCUT2D eigenvalue weighted by atomic mass is 10.1. The number of halogens is 1. The number of carbonyl (C=O) groups is 1. The number of methoxy groups -OCH3 is 1. The zero-order valence-electron chi connectivity index (χ0n) is 18.2. The monoisotopic (exact) mass is 445 g/mol. The van der Waals surface area contributed by atoms with E-state index < -0.39 is 0 Å². The molecule has 0 atom stereocenters. The van der Waals surface area contributed by atoms with Gasteiger partial charge in [-0.3, -0.25) is 9.48 Å². The van der Waals surface area contributed by atoms with E-state index in [2.05, 4.69) is 5.10 Å². The van der Waals surface area contributed by atoms with Gasteiger partial charge in [0.25, 0.3) is 0 Å². The topological polar surface area (TPSA) is 49.0 Å². The van der Waals surface area contributed by atoms with Crippen LogP contribution in [0.15, 0.2) is 73.1 Å². The molecule has 6 heteroatoms. The van der Waals surface area contributed by atoms with E-state index in [0.717, 1.165) is 34.0 Å². The largest absolute Gasteiger partial charge is 0.496 e. The van der Waals surface area contributed by atoms with Crippen LogP contribution in [-0.4, -0.2) is 27.2 Å². The van der Waals surface area contributed by atoms with Gasteiger partial charge in [0.05, 0.1) is 30.1 Å². The number of benzene rings is 2. The maximum Gasteiger partial charge on any atom is 0.185 e. The first-order chi connectivity index (χ1) is 15.5. The normalized spacial score (nSPS) is 11.2. The van der Waals surface area contributed by atoms with E-state index in [-0.39, 0.29) is 5.78 Å². The number of rotatable bonds is 7. The van der Waals surface area contributed by atoms with Gasteiger partial charge in [0.2, 0.25) is 0 Å². The van der Waals surface area contributed by atoms with Crippen LogP contribution in [0, 0.1) is 13.8 Å².